The average molecular weight is 345 g/mol. The number of aliphatic imine (C=N–C) groups is 1. The molecule has 1 aromatic rings. The van der Waals surface area contributed by atoms with Gasteiger partial charge in [-0.25, -0.2) is 0 Å². The van der Waals surface area contributed by atoms with E-state index in [1.165, 1.54) is 17.5 Å². The molecule has 3 atom stereocenters. The summed E-state index contributed by atoms with van der Waals surface area (Å²) >= 11 is 5.16. The van der Waals surface area contributed by atoms with Crippen LogP contribution in [0.25, 0.3) is 0 Å². The molecule has 1 aromatic carbocycles. The van der Waals surface area contributed by atoms with Crippen LogP contribution in [0, 0.1) is 5.92 Å². The zero-order valence-corrected chi connectivity index (χ0v) is 14.2. The topological polar surface area (TPSA) is 89.4 Å². The molecule has 1 aliphatic carbocycles. The van der Waals surface area contributed by atoms with Crippen molar-refractivity contribution in [2.75, 3.05) is 4.90 Å². The van der Waals surface area contributed by atoms with Crippen LogP contribution in [0.2, 0.25) is 0 Å². The number of anilines is 1. The summed E-state index contributed by atoms with van der Waals surface area (Å²) in [5.74, 6) is -1.74. The molecule has 1 saturated carbocycles. The predicted octanol–water partition coefficient (Wildman–Crippen LogP) is 0.674. The Bertz CT molecular complexity index is 676. The molecular formula is C17H21N4O2S+. The monoisotopic (exact) mass is 345 g/mol. The Kier molecular flexibility index (Phi) is 5.01. The maximum Gasteiger partial charge on any atom is 0.251 e. The van der Waals surface area contributed by atoms with Gasteiger partial charge in [0.15, 0.2) is 11.0 Å². The van der Waals surface area contributed by atoms with E-state index in [0.29, 0.717) is 5.69 Å². The number of quaternary nitrogens is 1. The Morgan fingerprint density at radius 1 is 1.21 bits per heavy atom. The number of nitrogens with one attached hydrogen (secondary N) is 1. The Morgan fingerprint density at radius 2 is 1.92 bits per heavy atom. The molecule has 0 unspecified atom stereocenters. The molecule has 0 aromatic heterocycles. The first-order valence-electron chi connectivity index (χ1n) is 8.18. The minimum atomic E-state index is -0.953. The molecule has 1 aliphatic heterocycles. The molecule has 0 bridgehead atoms. The second-order valence-electron chi connectivity index (χ2n) is 6.19. The number of nitrogens with zero attached hydrogens (tertiary/aromatic N) is 2. The van der Waals surface area contributed by atoms with Gasteiger partial charge in [-0.15, -0.1) is 0 Å². The summed E-state index contributed by atoms with van der Waals surface area (Å²) < 4.78 is 0. The average Bonchev–Trinajstić information content (AvgIpc) is 2.57. The standard InChI is InChI=1S/C17H20N4O2S/c18-13-8-4-5-9-14(13)19-10-12-15(22)20-17(24)21(16(12)23)11-6-2-1-3-7-11/h1-3,6-7,10,12-14H,4-5,8-9,18H2,(H,20,22,24)/p+1/t12-,13-,14-/m1/s1. The smallest absolute Gasteiger partial charge is 0.251 e. The fraction of sp³-hybridized carbons (Fsp3) is 0.412. The largest absolute Gasteiger partial charge is 0.353 e. The quantitative estimate of drug-likeness (QED) is 0.479. The first-order chi connectivity index (χ1) is 11.6. The predicted molar refractivity (Wildman–Crippen MR) is 95.6 cm³/mol. The fourth-order valence-electron chi connectivity index (χ4n) is 3.12. The first kappa shape index (κ1) is 16.7. The molecule has 0 spiro atoms. The van der Waals surface area contributed by atoms with E-state index in [0.717, 1.165) is 19.3 Å². The Balaban J connectivity index is 1.80. The van der Waals surface area contributed by atoms with E-state index >= 15 is 0 Å². The lowest BCUT2D eigenvalue weighted by molar-refractivity contribution is -0.428. The van der Waals surface area contributed by atoms with Gasteiger partial charge < -0.3 is 11.1 Å². The van der Waals surface area contributed by atoms with Crippen molar-refractivity contribution in [2.45, 2.75) is 37.8 Å². The van der Waals surface area contributed by atoms with E-state index in [1.54, 1.807) is 12.1 Å². The maximum absolute atomic E-state index is 12.8. The second-order valence-corrected chi connectivity index (χ2v) is 6.58. The van der Waals surface area contributed by atoms with Crippen molar-refractivity contribution in [2.24, 2.45) is 10.9 Å². The number of amides is 2. The van der Waals surface area contributed by atoms with Gasteiger partial charge in [0.2, 0.25) is 5.91 Å². The number of carbonyl (C=O) groups excluding carboxylic acids is 2. The lowest BCUT2D eigenvalue weighted by Crippen LogP contribution is -2.66. The summed E-state index contributed by atoms with van der Waals surface area (Å²) in [6.07, 6.45) is 5.74. The van der Waals surface area contributed by atoms with Crippen molar-refractivity contribution >= 4 is 41.0 Å². The molecule has 24 heavy (non-hydrogen) atoms. The number of rotatable bonds is 3. The minimum absolute atomic E-state index is 0.0819. The maximum atomic E-state index is 12.8. The molecule has 2 fully saturated rings. The summed E-state index contributed by atoms with van der Waals surface area (Å²) in [5, 5.41) is 2.70. The summed E-state index contributed by atoms with van der Waals surface area (Å²) in [6.45, 7) is 0. The zero-order chi connectivity index (χ0) is 17.1. The Labute approximate surface area is 146 Å². The van der Waals surface area contributed by atoms with Crippen LogP contribution < -0.4 is 16.0 Å². The van der Waals surface area contributed by atoms with Crippen LogP contribution in [0.4, 0.5) is 5.69 Å². The highest BCUT2D eigenvalue weighted by Crippen LogP contribution is 2.21. The van der Waals surface area contributed by atoms with Gasteiger partial charge in [-0.05, 0) is 37.2 Å². The van der Waals surface area contributed by atoms with E-state index < -0.39 is 11.8 Å². The molecule has 4 N–H and O–H groups in total. The number of carbonyl (C=O) groups is 2. The summed E-state index contributed by atoms with van der Waals surface area (Å²) in [6, 6.07) is 9.38. The van der Waals surface area contributed by atoms with Gasteiger partial charge in [0, 0.05) is 12.6 Å². The molecule has 1 saturated heterocycles. The molecule has 2 aliphatic rings. The Morgan fingerprint density at radius 3 is 2.62 bits per heavy atom. The lowest BCUT2D eigenvalue weighted by atomic mass is 9.91. The highest BCUT2D eigenvalue weighted by atomic mass is 32.1. The van der Waals surface area contributed by atoms with Crippen LogP contribution in [0.3, 0.4) is 0 Å². The SMILES string of the molecule is [NH3+][C@@H]1CCCC[C@H]1N=C[C@@H]1C(=O)NC(=S)N(c2ccccc2)C1=O. The number of thiocarbonyl (C=S) groups is 1. The van der Waals surface area contributed by atoms with Gasteiger partial charge in [-0.2, -0.15) is 0 Å². The van der Waals surface area contributed by atoms with Gasteiger partial charge in [-0.1, -0.05) is 24.6 Å². The highest BCUT2D eigenvalue weighted by molar-refractivity contribution is 7.80. The molecular weight excluding hydrogens is 324 g/mol. The van der Waals surface area contributed by atoms with Gasteiger partial charge >= 0.3 is 0 Å². The molecule has 2 amide bonds. The van der Waals surface area contributed by atoms with Gasteiger partial charge in [0.05, 0.1) is 5.69 Å². The first-order valence-corrected chi connectivity index (χ1v) is 8.59. The molecule has 3 rings (SSSR count). The van der Waals surface area contributed by atoms with Crippen molar-refractivity contribution in [1.29, 1.82) is 0 Å². The summed E-state index contributed by atoms with van der Waals surface area (Å²) in [4.78, 5) is 30.8. The molecule has 0 radical (unpaired) electrons. The molecule has 1 heterocycles. The third-order valence-electron chi connectivity index (χ3n) is 4.51. The summed E-state index contributed by atoms with van der Waals surface area (Å²) in [5.41, 5.74) is 4.76. The number of hydrogen-bond acceptors (Lipinski definition) is 4. The highest BCUT2D eigenvalue weighted by Gasteiger charge is 2.38. The van der Waals surface area contributed by atoms with Gasteiger partial charge in [0.25, 0.3) is 5.91 Å². The lowest BCUT2D eigenvalue weighted by Gasteiger charge is -2.31. The van der Waals surface area contributed by atoms with Crippen molar-refractivity contribution in [3.63, 3.8) is 0 Å². The van der Waals surface area contributed by atoms with E-state index in [-0.39, 0.29) is 23.1 Å². The van der Waals surface area contributed by atoms with Crippen LogP contribution in [0.15, 0.2) is 35.3 Å². The van der Waals surface area contributed by atoms with Crippen molar-refractivity contribution in [3.8, 4) is 0 Å². The molecule has 7 heteroatoms. The van der Waals surface area contributed by atoms with E-state index in [4.69, 9.17) is 12.2 Å². The zero-order valence-electron chi connectivity index (χ0n) is 13.4. The minimum Gasteiger partial charge on any atom is -0.353 e. The van der Waals surface area contributed by atoms with Crippen LogP contribution in [-0.2, 0) is 9.59 Å². The second kappa shape index (κ2) is 7.19. The van der Waals surface area contributed by atoms with Crippen molar-refractivity contribution < 1.29 is 15.3 Å². The third kappa shape index (κ3) is 3.37. The van der Waals surface area contributed by atoms with Gasteiger partial charge in [0.1, 0.15) is 12.1 Å². The van der Waals surface area contributed by atoms with E-state index in [1.807, 2.05) is 18.2 Å². The van der Waals surface area contributed by atoms with E-state index in [9.17, 15) is 9.59 Å². The van der Waals surface area contributed by atoms with Gasteiger partial charge in [-0.3, -0.25) is 19.5 Å². The number of hydrogen-bond donors (Lipinski definition) is 2. The fourth-order valence-corrected chi connectivity index (χ4v) is 3.42. The summed E-state index contributed by atoms with van der Waals surface area (Å²) in [7, 11) is 0. The number of benzene rings is 1. The third-order valence-corrected chi connectivity index (χ3v) is 4.80. The normalized spacial score (nSPS) is 28.3. The number of para-hydroxylation sites is 1. The Hall–Kier alpha value is -2.12. The molecule has 126 valence electrons. The van der Waals surface area contributed by atoms with Crippen molar-refractivity contribution in [3.05, 3.63) is 30.3 Å². The van der Waals surface area contributed by atoms with Crippen LogP contribution >= 0.6 is 12.2 Å². The van der Waals surface area contributed by atoms with Crippen LogP contribution in [0.1, 0.15) is 25.7 Å². The van der Waals surface area contributed by atoms with E-state index in [2.05, 4.69) is 16.0 Å². The van der Waals surface area contributed by atoms with Crippen LogP contribution in [0.5, 0.6) is 0 Å². The molecule has 6 nitrogen and oxygen atoms in total. The van der Waals surface area contributed by atoms with Crippen molar-refractivity contribution in [1.82, 2.24) is 5.32 Å². The van der Waals surface area contributed by atoms with Crippen LogP contribution in [-0.4, -0.2) is 35.2 Å².